The summed E-state index contributed by atoms with van der Waals surface area (Å²) >= 11 is 0. The van der Waals surface area contributed by atoms with Gasteiger partial charge in [0, 0.05) is 23.6 Å². The fourth-order valence-corrected chi connectivity index (χ4v) is 3.53. The molecule has 2 aromatic carbocycles. The summed E-state index contributed by atoms with van der Waals surface area (Å²) in [6.07, 6.45) is 5.18. The highest BCUT2D eigenvalue weighted by atomic mass is 15.0. The SMILES string of the molecule is Cn1c2c(c3c4ccccc4ccc31)CCCC2. The molecule has 90 valence electrons. The number of rotatable bonds is 0. The summed E-state index contributed by atoms with van der Waals surface area (Å²) < 4.78 is 2.41. The van der Waals surface area contributed by atoms with Crippen LogP contribution in [0.5, 0.6) is 0 Å². The first-order chi connectivity index (χ1) is 8.86. The summed E-state index contributed by atoms with van der Waals surface area (Å²) in [5, 5.41) is 4.29. The third-order valence-electron chi connectivity index (χ3n) is 4.41. The van der Waals surface area contributed by atoms with Crippen molar-refractivity contribution in [3.8, 4) is 0 Å². The lowest BCUT2D eigenvalue weighted by molar-refractivity contribution is 0.653. The minimum absolute atomic E-state index is 1.24. The Morgan fingerprint density at radius 1 is 0.944 bits per heavy atom. The topological polar surface area (TPSA) is 4.93 Å². The van der Waals surface area contributed by atoms with Crippen molar-refractivity contribution in [2.24, 2.45) is 7.05 Å². The van der Waals surface area contributed by atoms with Crippen LogP contribution in [-0.4, -0.2) is 4.57 Å². The van der Waals surface area contributed by atoms with Gasteiger partial charge in [-0.3, -0.25) is 0 Å². The van der Waals surface area contributed by atoms with Crippen molar-refractivity contribution in [1.82, 2.24) is 4.57 Å². The predicted molar refractivity (Wildman–Crippen MR) is 77.1 cm³/mol. The Bertz CT molecular complexity index is 749. The predicted octanol–water partition coefficient (Wildman–Crippen LogP) is 4.21. The van der Waals surface area contributed by atoms with Gasteiger partial charge in [-0.15, -0.1) is 0 Å². The van der Waals surface area contributed by atoms with E-state index in [1.165, 1.54) is 47.4 Å². The average molecular weight is 235 g/mol. The van der Waals surface area contributed by atoms with Crippen LogP contribution in [0.4, 0.5) is 0 Å². The van der Waals surface area contributed by atoms with Crippen LogP contribution in [0.1, 0.15) is 24.1 Å². The van der Waals surface area contributed by atoms with E-state index in [2.05, 4.69) is 48.0 Å². The summed E-state index contributed by atoms with van der Waals surface area (Å²) in [6, 6.07) is 13.3. The van der Waals surface area contributed by atoms with Gasteiger partial charge in [0.1, 0.15) is 0 Å². The molecule has 0 unspecified atom stereocenters. The van der Waals surface area contributed by atoms with Crippen LogP contribution in [0, 0.1) is 0 Å². The Morgan fingerprint density at radius 2 is 1.78 bits per heavy atom. The van der Waals surface area contributed by atoms with Crippen LogP contribution >= 0.6 is 0 Å². The van der Waals surface area contributed by atoms with E-state index in [0.717, 1.165) is 0 Å². The van der Waals surface area contributed by atoms with E-state index in [1.807, 2.05) is 0 Å². The standard InChI is InChI=1S/C17H17N/c1-18-15-9-5-4-8-14(15)17-13-7-3-2-6-12(13)10-11-16(17)18/h2-3,6-7,10-11H,4-5,8-9H2,1H3. The van der Waals surface area contributed by atoms with Crippen LogP contribution in [-0.2, 0) is 19.9 Å². The van der Waals surface area contributed by atoms with Crippen LogP contribution in [0.25, 0.3) is 21.7 Å². The highest BCUT2D eigenvalue weighted by molar-refractivity contribution is 6.09. The minimum atomic E-state index is 1.24. The second kappa shape index (κ2) is 3.61. The van der Waals surface area contributed by atoms with Gasteiger partial charge in [0.2, 0.25) is 0 Å². The van der Waals surface area contributed by atoms with Crippen LogP contribution in [0.15, 0.2) is 36.4 Å². The molecule has 0 N–H and O–H groups in total. The zero-order valence-electron chi connectivity index (χ0n) is 10.7. The van der Waals surface area contributed by atoms with Gasteiger partial charge in [0.25, 0.3) is 0 Å². The van der Waals surface area contributed by atoms with Crippen LogP contribution in [0.2, 0.25) is 0 Å². The van der Waals surface area contributed by atoms with E-state index in [4.69, 9.17) is 0 Å². The third kappa shape index (κ3) is 1.22. The van der Waals surface area contributed by atoms with Crippen molar-refractivity contribution < 1.29 is 0 Å². The minimum Gasteiger partial charge on any atom is -0.347 e. The molecule has 18 heavy (non-hydrogen) atoms. The first kappa shape index (κ1) is 10.2. The van der Waals surface area contributed by atoms with Gasteiger partial charge in [0.05, 0.1) is 0 Å². The molecule has 4 rings (SSSR count). The Labute approximate surface area is 107 Å². The summed E-state index contributed by atoms with van der Waals surface area (Å²) in [5.74, 6) is 0. The van der Waals surface area contributed by atoms with Crippen LogP contribution in [0.3, 0.4) is 0 Å². The molecule has 1 nitrogen and oxygen atoms in total. The largest absolute Gasteiger partial charge is 0.347 e. The summed E-state index contributed by atoms with van der Waals surface area (Å²) in [5.41, 5.74) is 4.57. The number of nitrogens with zero attached hydrogens (tertiary/aromatic N) is 1. The second-order valence-corrected chi connectivity index (χ2v) is 5.37. The second-order valence-electron chi connectivity index (χ2n) is 5.37. The highest BCUT2D eigenvalue weighted by Gasteiger charge is 2.19. The highest BCUT2D eigenvalue weighted by Crippen LogP contribution is 2.35. The molecule has 0 amide bonds. The Hall–Kier alpha value is -1.76. The Balaban J connectivity index is 2.24. The fourth-order valence-electron chi connectivity index (χ4n) is 3.53. The first-order valence-corrected chi connectivity index (χ1v) is 6.84. The molecule has 0 spiro atoms. The number of benzene rings is 2. The number of hydrogen-bond acceptors (Lipinski definition) is 0. The van der Waals surface area contributed by atoms with Crippen molar-refractivity contribution in [2.45, 2.75) is 25.7 Å². The monoisotopic (exact) mass is 235 g/mol. The van der Waals surface area contributed by atoms with Crippen LogP contribution < -0.4 is 0 Å². The van der Waals surface area contributed by atoms with Gasteiger partial charge < -0.3 is 4.57 Å². The summed E-state index contributed by atoms with van der Waals surface area (Å²) in [6.45, 7) is 0. The summed E-state index contributed by atoms with van der Waals surface area (Å²) in [4.78, 5) is 0. The number of fused-ring (bicyclic) bond motifs is 5. The molecule has 0 saturated carbocycles. The Kier molecular flexibility index (Phi) is 2.05. The molecular formula is C17H17N. The van der Waals surface area contributed by atoms with E-state index < -0.39 is 0 Å². The molecular weight excluding hydrogens is 218 g/mol. The molecule has 3 aromatic rings. The fraction of sp³-hybridized carbons (Fsp3) is 0.294. The van der Waals surface area contributed by atoms with Crippen molar-refractivity contribution in [3.05, 3.63) is 47.7 Å². The lowest BCUT2D eigenvalue weighted by atomic mass is 9.93. The molecule has 1 aromatic heterocycles. The maximum Gasteiger partial charge on any atom is 0.0489 e. The molecule has 0 fully saturated rings. The van der Waals surface area contributed by atoms with Gasteiger partial charge >= 0.3 is 0 Å². The quantitative estimate of drug-likeness (QED) is 0.550. The normalized spacial score (nSPS) is 15.2. The van der Waals surface area contributed by atoms with E-state index in [0.29, 0.717) is 0 Å². The van der Waals surface area contributed by atoms with Gasteiger partial charge in [-0.2, -0.15) is 0 Å². The van der Waals surface area contributed by atoms with E-state index in [1.54, 1.807) is 11.3 Å². The molecule has 0 aliphatic heterocycles. The first-order valence-electron chi connectivity index (χ1n) is 6.84. The lowest BCUT2D eigenvalue weighted by Crippen LogP contribution is -2.04. The van der Waals surface area contributed by atoms with E-state index in [9.17, 15) is 0 Å². The zero-order valence-corrected chi connectivity index (χ0v) is 10.7. The number of aryl methyl sites for hydroxylation is 2. The molecule has 1 heteroatoms. The third-order valence-corrected chi connectivity index (χ3v) is 4.41. The lowest BCUT2D eigenvalue weighted by Gasteiger charge is -2.13. The van der Waals surface area contributed by atoms with Gasteiger partial charge in [-0.1, -0.05) is 30.3 Å². The number of aromatic nitrogens is 1. The van der Waals surface area contributed by atoms with Gasteiger partial charge in [0.15, 0.2) is 0 Å². The maximum absolute atomic E-state index is 2.41. The zero-order chi connectivity index (χ0) is 12.1. The molecule has 0 saturated heterocycles. The smallest absolute Gasteiger partial charge is 0.0489 e. The molecule has 0 radical (unpaired) electrons. The maximum atomic E-state index is 2.41. The number of hydrogen-bond donors (Lipinski definition) is 0. The van der Waals surface area contributed by atoms with E-state index >= 15 is 0 Å². The van der Waals surface area contributed by atoms with Crippen molar-refractivity contribution in [1.29, 1.82) is 0 Å². The van der Waals surface area contributed by atoms with Gasteiger partial charge in [-0.25, -0.2) is 0 Å². The average Bonchev–Trinajstić information content (AvgIpc) is 2.73. The van der Waals surface area contributed by atoms with Gasteiger partial charge in [-0.05, 0) is 48.1 Å². The Morgan fingerprint density at radius 3 is 2.72 bits per heavy atom. The molecule has 1 heterocycles. The van der Waals surface area contributed by atoms with Crippen molar-refractivity contribution >= 4 is 21.7 Å². The molecule has 1 aliphatic rings. The molecule has 0 atom stereocenters. The summed E-state index contributed by atoms with van der Waals surface area (Å²) in [7, 11) is 2.22. The van der Waals surface area contributed by atoms with Crippen molar-refractivity contribution in [3.63, 3.8) is 0 Å². The van der Waals surface area contributed by atoms with E-state index in [-0.39, 0.29) is 0 Å². The molecule has 1 aliphatic carbocycles. The van der Waals surface area contributed by atoms with Crippen molar-refractivity contribution in [2.75, 3.05) is 0 Å². The molecule has 0 bridgehead atoms.